The lowest BCUT2D eigenvalue weighted by Crippen LogP contribution is -2.53. The first kappa shape index (κ1) is 35.8. The first-order chi connectivity index (χ1) is 22.4. The van der Waals surface area contributed by atoms with Gasteiger partial charge >= 0.3 is 0 Å². The fraction of sp³-hybridized carbons (Fsp3) is 0.278. The number of amides is 2. The van der Waals surface area contributed by atoms with E-state index in [1.54, 1.807) is 43.5 Å². The molecule has 4 aromatic rings. The highest BCUT2D eigenvalue weighted by molar-refractivity contribution is 7.92. The highest BCUT2D eigenvalue weighted by Crippen LogP contribution is 2.36. The fourth-order valence-electron chi connectivity index (χ4n) is 4.98. The molecule has 248 valence electrons. The van der Waals surface area contributed by atoms with Crippen LogP contribution in [0.15, 0.2) is 102 Å². The summed E-state index contributed by atoms with van der Waals surface area (Å²) in [4.78, 5) is 29.9. The summed E-state index contributed by atoms with van der Waals surface area (Å²) in [5, 5.41) is 3.09. The average Bonchev–Trinajstić information content (AvgIpc) is 3.06. The van der Waals surface area contributed by atoms with E-state index in [1.807, 2.05) is 57.2 Å². The van der Waals surface area contributed by atoms with Gasteiger partial charge in [-0.3, -0.25) is 13.9 Å². The van der Waals surface area contributed by atoms with Crippen LogP contribution in [0.1, 0.15) is 30.5 Å². The number of sulfonamides is 1. The first-order valence-corrected chi connectivity index (χ1v) is 17.4. The van der Waals surface area contributed by atoms with Gasteiger partial charge in [-0.2, -0.15) is 0 Å². The molecule has 8 nitrogen and oxygen atoms in total. The maximum atomic E-state index is 14.6. The largest absolute Gasteiger partial charge is 0.497 e. The van der Waals surface area contributed by atoms with Crippen molar-refractivity contribution in [2.75, 3.05) is 24.5 Å². The van der Waals surface area contributed by atoms with Gasteiger partial charge in [0, 0.05) is 19.5 Å². The molecule has 0 aromatic heterocycles. The van der Waals surface area contributed by atoms with Gasteiger partial charge in [0.25, 0.3) is 10.0 Å². The monoisotopic (exact) mass is 695 g/mol. The standard InChI is InChI=1S/C36H39Cl2N3O5S/c1-25(2)22-39-36(43)33(21-27-10-6-5-7-11-27)40(23-28-12-8-13-29(20-28)46-4)34(42)24-41(32-15-9-14-31(37)35(32)38)47(44,45)30-18-16-26(3)17-19-30/h5-20,25,33H,21-24H2,1-4H3,(H,39,43)/t33-/m0/s1. The molecule has 0 saturated carbocycles. The number of halogens is 2. The summed E-state index contributed by atoms with van der Waals surface area (Å²) in [5.74, 6) is -0.222. The summed E-state index contributed by atoms with van der Waals surface area (Å²) in [7, 11) is -2.78. The molecule has 0 aliphatic rings. The van der Waals surface area contributed by atoms with Crippen LogP contribution in [-0.2, 0) is 32.6 Å². The van der Waals surface area contributed by atoms with Crippen LogP contribution >= 0.6 is 23.2 Å². The van der Waals surface area contributed by atoms with Crippen molar-refractivity contribution in [3.05, 3.63) is 124 Å². The van der Waals surface area contributed by atoms with E-state index in [0.29, 0.717) is 17.9 Å². The lowest BCUT2D eigenvalue weighted by atomic mass is 10.0. The van der Waals surface area contributed by atoms with E-state index in [1.165, 1.54) is 29.2 Å². The number of anilines is 1. The fourth-order valence-corrected chi connectivity index (χ4v) is 6.85. The number of ether oxygens (including phenoxy) is 1. The number of nitrogens with one attached hydrogen (secondary N) is 1. The Morgan fingerprint density at radius 1 is 0.872 bits per heavy atom. The molecule has 11 heteroatoms. The molecule has 0 aliphatic heterocycles. The van der Waals surface area contributed by atoms with E-state index in [-0.39, 0.29) is 45.4 Å². The van der Waals surface area contributed by atoms with Crippen molar-refractivity contribution in [3.63, 3.8) is 0 Å². The molecule has 2 amide bonds. The van der Waals surface area contributed by atoms with Crippen LogP contribution in [0.25, 0.3) is 0 Å². The van der Waals surface area contributed by atoms with E-state index in [4.69, 9.17) is 27.9 Å². The summed E-state index contributed by atoms with van der Waals surface area (Å²) in [6, 6.07) is 26.5. The van der Waals surface area contributed by atoms with Gasteiger partial charge in [-0.15, -0.1) is 0 Å². The number of methoxy groups -OCH3 is 1. The molecule has 0 unspecified atom stereocenters. The van der Waals surface area contributed by atoms with E-state index in [2.05, 4.69) is 5.32 Å². The van der Waals surface area contributed by atoms with Crippen molar-refractivity contribution in [2.24, 2.45) is 5.92 Å². The van der Waals surface area contributed by atoms with Gasteiger partial charge in [-0.25, -0.2) is 8.42 Å². The molecular formula is C36H39Cl2N3O5S. The second kappa shape index (κ2) is 16.2. The zero-order chi connectivity index (χ0) is 34.1. The van der Waals surface area contributed by atoms with E-state index < -0.39 is 28.5 Å². The topological polar surface area (TPSA) is 96.0 Å². The van der Waals surface area contributed by atoms with Gasteiger partial charge in [-0.05, 0) is 60.4 Å². The molecule has 1 N–H and O–H groups in total. The third kappa shape index (κ3) is 9.28. The predicted octanol–water partition coefficient (Wildman–Crippen LogP) is 6.92. The minimum absolute atomic E-state index is 0.00430. The van der Waals surface area contributed by atoms with Gasteiger partial charge in [0.2, 0.25) is 11.8 Å². The number of rotatable bonds is 14. The van der Waals surface area contributed by atoms with Crippen LogP contribution in [0.2, 0.25) is 10.0 Å². The van der Waals surface area contributed by atoms with Gasteiger partial charge in [-0.1, -0.05) is 103 Å². The maximum absolute atomic E-state index is 14.6. The minimum Gasteiger partial charge on any atom is -0.497 e. The second-order valence-electron chi connectivity index (χ2n) is 11.6. The van der Waals surface area contributed by atoms with E-state index in [0.717, 1.165) is 15.4 Å². The number of nitrogens with zero attached hydrogens (tertiary/aromatic N) is 2. The number of carbonyl (C=O) groups is 2. The van der Waals surface area contributed by atoms with Crippen LogP contribution in [-0.4, -0.2) is 51.4 Å². The van der Waals surface area contributed by atoms with Crippen molar-refractivity contribution < 1.29 is 22.7 Å². The maximum Gasteiger partial charge on any atom is 0.264 e. The second-order valence-corrected chi connectivity index (χ2v) is 14.3. The van der Waals surface area contributed by atoms with Crippen molar-refractivity contribution in [3.8, 4) is 5.75 Å². The lowest BCUT2D eigenvalue weighted by molar-refractivity contribution is -0.140. The summed E-state index contributed by atoms with van der Waals surface area (Å²) in [5.41, 5.74) is 2.44. The molecule has 1 atom stereocenters. The van der Waals surface area contributed by atoms with E-state index >= 15 is 0 Å². The highest BCUT2D eigenvalue weighted by atomic mass is 35.5. The third-order valence-electron chi connectivity index (χ3n) is 7.53. The Balaban J connectivity index is 1.84. The molecule has 47 heavy (non-hydrogen) atoms. The van der Waals surface area contributed by atoms with Crippen LogP contribution in [0.4, 0.5) is 5.69 Å². The van der Waals surface area contributed by atoms with Crippen LogP contribution < -0.4 is 14.4 Å². The third-order valence-corrected chi connectivity index (χ3v) is 10.1. The molecule has 0 saturated heterocycles. The van der Waals surface area contributed by atoms with Gasteiger partial charge in [0.05, 0.1) is 27.7 Å². The Bertz CT molecular complexity index is 1780. The van der Waals surface area contributed by atoms with Gasteiger partial charge < -0.3 is 15.0 Å². The summed E-state index contributed by atoms with van der Waals surface area (Å²) < 4.78 is 34.8. The van der Waals surface area contributed by atoms with Crippen LogP contribution in [0.5, 0.6) is 5.75 Å². The number of benzene rings is 4. The smallest absolute Gasteiger partial charge is 0.264 e. The molecule has 0 bridgehead atoms. The summed E-state index contributed by atoms with van der Waals surface area (Å²) >= 11 is 12.9. The number of carbonyl (C=O) groups excluding carboxylic acids is 2. The molecule has 0 spiro atoms. The SMILES string of the molecule is COc1cccc(CN(C(=O)CN(c2cccc(Cl)c2Cl)S(=O)(=O)c2ccc(C)cc2)[C@@H](Cc2ccccc2)C(=O)NCC(C)C)c1. The number of aryl methyl sites for hydroxylation is 1. The van der Waals surface area contributed by atoms with Crippen molar-refractivity contribution >= 4 is 50.7 Å². The zero-order valence-electron chi connectivity index (χ0n) is 26.8. The zero-order valence-corrected chi connectivity index (χ0v) is 29.1. The quantitative estimate of drug-likeness (QED) is 0.155. The molecular weight excluding hydrogens is 657 g/mol. The molecule has 0 aliphatic carbocycles. The molecule has 0 heterocycles. The highest BCUT2D eigenvalue weighted by Gasteiger charge is 2.35. The Morgan fingerprint density at radius 3 is 2.19 bits per heavy atom. The van der Waals surface area contributed by atoms with Gasteiger partial charge in [0.15, 0.2) is 0 Å². The van der Waals surface area contributed by atoms with Crippen LogP contribution in [0, 0.1) is 12.8 Å². The Hall–Kier alpha value is -4.05. The van der Waals surface area contributed by atoms with E-state index in [9.17, 15) is 18.0 Å². The number of hydrogen-bond acceptors (Lipinski definition) is 5. The number of hydrogen-bond donors (Lipinski definition) is 1. The Kier molecular flexibility index (Phi) is 12.3. The van der Waals surface area contributed by atoms with Crippen molar-refractivity contribution in [1.29, 1.82) is 0 Å². The van der Waals surface area contributed by atoms with Crippen molar-refractivity contribution in [1.82, 2.24) is 10.2 Å². The predicted molar refractivity (Wildman–Crippen MR) is 187 cm³/mol. The Labute approximate surface area is 287 Å². The summed E-state index contributed by atoms with van der Waals surface area (Å²) in [6.45, 7) is 5.56. The lowest BCUT2D eigenvalue weighted by Gasteiger charge is -2.34. The summed E-state index contributed by atoms with van der Waals surface area (Å²) in [6.07, 6.45) is 0.198. The van der Waals surface area contributed by atoms with Crippen molar-refractivity contribution in [2.45, 2.75) is 44.7 Å². The first-order valence-electron chi connectivity index (χ1n) is 15.2. The molecule has 4 aromatic carbocycles. The van der Waals surface area contributed by atoms with Crippen LogP contribution in [0.3, 0.4) is 0 Å². The van der Waals surface area contributed by atoms with Gasteiger partial charge in [0.1, 0.15) is 18.3 Å². The average molecular weight is 697 g/mol. The molecule has 0 fully saturated rings. The normalized spacial score (nSPS) is 12.0. The molecule has 4 rings (SSSR count). The minimum atomic E-state index is -4.33. The Morgan fingerprint density at radius 2 is 1.53 bits per heavy atom. The molecule has 0 radical (unpaired) electrons.